The van der Waals surface area contributed by atoms with Crippen LogP contribution in [0, 0.1) is 6.57 Å². The molecular weight excluding hydrogens is 280 g/mol. The van der Waals surface area contributed by atoms with Crippen molar-refractivity contribution < 1.29 is 9.53 Å². The zero-order chi connectivity index (χ0) is 15.7. The predicted octanol–water partition coefficient (Wildman–Crippen LogP) is 2.97. The van der Waals surface area contributed by atoms with E-state index < -0.39 is 5.97 Å². The molecule has 0 aliphatic rings. The van der Waals surface area contributed by atoms with Crippen molar-refractivity contribution in [3.8, 4) is 11.4 Å². The zero-order valence-corrected chi connectivity index (χ0v) is 12.1. The second-order valence-corrected chi connectivity index (χ2v) is 4.75. The highest BCUT2D eigenvalue weighted by atomic mass is 16.5. The Labute approximate surface area is 126 Å². The summed E-state index contributed by atoms with van der Waals surface area (Å²) in [6.07, 6.45) is 3.34. The third-order valence-electron chi connectivity index (χ3n) is 3.41. The number of imidazole rings is 1. The van der Waals surface area contributed by atoms with Crippen molar-refractivity contribution in [2.24, 2.45) is 7.05 Å². The molecule has 22 heavy (non-hydrogen) atoms. The number of carbonyl (C=O) groups excluding carboxylic acids is 1. The Morgan fingerprint density at radius 3 is 2.82 bits per heavy atom. The van der Waals surface area contributed by atoms with E-state index in [0.29, 0.717) is 27.8 Å². The molecular formula is C16H12N4O2. The summed E-state index contributed by atoms with van der Waals surface area (Å²) in [6, 6.07) is 6.72. The van der Waals surface area contributed by atoms with Crippen LogP contribution >= 0.6 is 0 Å². The summed E-state index contributed by atoms with van der Waals surface area (Å²) in [6.45, 7) is 7.11. The molecule has 2 heterocycles. The lowest BCUT2D eigenvalue weighted by Gasteiger charge is -2.09. The maximum atomic E-state index is 12.1. The number of nitrogens with zero attached hydrogens (tertiary/aromatic N) is 4. The van der Waals surface area contributed by atoms with Crippen LogP contribution in [0.15, 0.2) is 36.8 Å². The van der Waals surface area contributed by atoms with E-state index in [1.54, 1.807) is 36.8 Å². The van der Waals surface area contributed by atoms with Crippen molar-refractivity contribution in [2.45, 2.75) is 0 Å². The Balaban J connectivity index is 2.33. The second kappa shape index (κ2) is 5.30. The molecule has 0 atom stereocenters. The SMILES string of the molecule is [C-]#[N+]c1ccc2c(C(=O)OC)cc(-c3cncn3C)nc2c1. The van der Waals surface area contributed by atoms with Gasteiger partial charge in [-0.1, -0.05) is 12.1 Å². The second-order valence-electron chi connectivity index (χ2n) is 4.75. The lowest BCUT2D eigenvalue weighted by Crippen LogP contribution is -2.04. The van der Waals surface area contributed by atoms with Crippen molar-refractivity contribution in [3.63, 3.8) is 0 Å². The fourth-order valence-electron chi connectivity index (χ4n) is 2.30. The first-order valence-electron chi connectivity index (χ1n) is 6.51. The molecule has 0 spiro atoms. The summed E-state index contributed by atoms with van der Waals surface area (Å²) < 4.78 is 6.67. The minimum atomic E-state index is -0.439. The number of esters is 1. The van der Waals surface area contributed by atoms with Gasteiger partial charge in [0.15, 0.2) is 5.69 Å². The first-order chi connectivity index (χ1) is 10.6. The van der Waals surface area contributed by atoms with Crippen molar-refractivity contribution in [2.75, 3.05) is 7.11 Å². The molecule has 0 amide bonds. The average molecular weight is 292 g/mol. The van der Waals surface area contributed by atoms with Crippen LogP contribution < -0.4 is 0 Å². The monoisotopic (exact) mass is 292 g/mol. The van der Waals surface area contributed by atoms with E-state index in [4.69, 9.17) is 11.3 Å². The van der Waals surface area contributed by atoms with Crippen molar-refractivity contribution in [1.82, 2.24) is 14.5 Å². The van der Waals surface area contributed by atoms with Gasteiger partial charge in [-0.2, -0.15) is 0 Å². The lowest BCUT2D eigenvalue weighted by molar-refractivity contribution is 0.0603. The molecule has 0 fully saturated rings. The van der Waals surface area contributed by atoms with Gasteiger partial charge in [0.1, 0.15) is 0 Å². The molecule has 0 saturated heterocycles. The largest absolute Gasteiger partial charge is 0.465 e. The number of hydrogen-bond donors (Lipinski definition) is 0. The first kappa shape index (κ1) is 13.8. The molecule has 0 saturated carbocycles. The Hall–Kier alpha value is -3.20. The standard InChI is InChI=1S/C16H12N4O2/c1-17-10-4-5-11-12(16(21)22-3)7-14(19-13(11)6-10)15-8-18-9-20(15)2/h4-9H,2-3H3. The summed E-state index contributed by atoms with van der Waals surface area (Å²) in [5.74, 6) is -0.439. The molecule has 0 unspecified atom stereocenters. The van der Waals surface area contributed by atoms with Gasteiger partial charge < -0.3 is 9.30 Å². The normalized spacial score (nSPS) is 10.4. The Bertz CT molecular complexity index is 922. The molecule has 3 rings (SSSR count). The maximum absolute atomic E-state index is 12.1. The van der Waals surface area contributed by atoms with Gasteiger partial charge >= 0.3 is 5.97 Å². The molecule has 3 aromatic rings. The summed E-state index contributed by atoms with van der Waals surface area (Å²) in [5.41, 5.74) is 2.85. The number of benzene rings is 1. The van der Waals surface area contributed by atoms with E-state index in [0.717, 1.165) is 5.69 Å². The Kier molecular flexibility index (Phi) is 3.31. The molecule has 2 aromatic heterocycles. The van der Waals surface area contributed by atoms with Crippen LogP contribution in [-0.2, 0) is 11.8 Å². The molecule has 0 aliphatic carbocycles. The summed E-state index contributed by atoms with van der Waals surface area (Å²) in [5, 5.41) is 0.658. The highest BCUT2D eigenvalue weighted by Gasteiger charge is 2.16. The molecule has 0 bridgehead atoms. The van der Waals surface area contributed by atoms with Crippen LogP contribution in [0.2, 0.25) is 0 Å². The van der Waals surface area contributed by atoms with E-state index in [2.05, 4.69) is 14.8 Å². The van der Waals surface area contributed by atoms with Crippen LogP contribution in [-0.4, -0.2) is 27.6 Å². The van der Waals surface area contributed by atoms with Crippen LogP contribution in [0.5, 0.6) is 0 Å². The molecule has 108 valence electrons. The number of fused-ring (bicyclic) bond motifs is 1. The predicted molar refractivity (Wildman–Crippen MR) is 81.5 cm³/mol. The molecule has 6 nitrogen and oxygen atoms in total. The number of rotatable bonds is 2. The van der Waals surface area contributed by atoms with Gasteiger partial charge in [0.2, 0.25) is 0 Å². The number of aromatic nitrogens is 3. The first-order valence-corrected chi connectivity index (χ1v) is 6.51. The summed E-state index contributed by atoms with van der Waals surface area (Å²) in [7, 11) is 3.19. The molecule has 0 radical (unpaired) electrons. The summed E-state index contributed by atoms with van der Waals surface area (Å²) >= 11 is 0. The average Bonchev–Trinajstić information content (AvgIpc) is 2.98. The molecule has 0 N–H and O–H groups in total. The minimum Gasteiger partial charge on any atom is -0.465 e. The van der Waals surface area contributed by atoms with Gasteiger partial charge in [-0.05, 0) is 12.1 Å². The molecule has 6 heteroatoms. The lowest BCUT2D eigenvalue weighted by atomic mass is 10.1. The third kappa shape index (κ3) is 2.19. The van der Waals surface area contributed by atoms with Crippen LogP contribution in [0.25, 0.3) is 27.1 Å². The van der Waals surface area contributed by atoms with E-state index in [9.17, 15) is 4.79 Å². The fourth-order valence-corrected chi connectivity index (χ4v) is 2.30. The van der Waals surface area contributed by atoms with Crippen molar-refractivity contribution in [1.29, 1.82) is 0 Å². The Morgan fingerprint density at radius 2 is 2.18 bits per heavy atom. The number of hydrogen-bond acceptors (Lipinski definition) is 4. The van der Waals surface area contributed by atoms with Gasteiger partial charge in [-0.25, -0.2) is 19.6 Å². The smallest absolute Gasteiger partial charge is 0.338 e. The highest BCUT2D eigenvalue weighted by Crippen LogP contribution is 2.27. The number of methoxy groups -OCH3 is 1. The zero-order valence-electron chi connectivity index (χ0n) is 12.1. The van der Waals surface area contributed by atoms with Gasteiger partial charge in [0.25, 0.3) is 0 Å². The van der Waals surface area contributed by atoms with Gasteiger partial charge in [-0.15, -0.1) is 0 Å². The third-order valence-corrected chi connectivity index (χ3v) is 3.41. The van der Waals surface area contributed by atoms with Gasteiger partial charge in [0.05, 0.1) is 48.7 Å². The van der Waals surface area contributed by atoms with E-state index >= 15 is 0 Å². The van der Waals surface area contributed by atoms with E-state index in [-0.39, 0.29) is 0 Å². The summed E-state index contributed by atoms with van der Waals surface area (Å²) in [4.78, 5) is 24.1. The molecule has 1 aromatic carbocycles. The van der Waals surface area contributed by atoms with Crippen molar-refractivity contribution in [3.05, 3.63) is 53.8 Å². The number of pyridine rings is 1. The van der Waals surface area contributed by atoms with Crippen LogP contribution in [0.1, 0.15) is 10.4 Å². The fraction of sp³-hybridized carbons (Fsp3) is 0.125. The molecule has 0 aliphatic heterocycles. The van der Waals surface area contributed by atoms with Crippen molar-refractivity contribution >= 4 is 22.6 Å². The maximum Gasteiger partial charge on any atom is 0.338 e. The topological polar surface area (TPSA) is 61.4 Å². The quantitative estimate of drug-likeness (QED) is 0.538. The van der Waals surface area contributed by atoms with Crippen LogP contribution in [0.3, 0.4) is 0 Å². The number of carbonyl (C=O) groups is 1. The minimum absolute atomic E-state index is 0.417. The highest BCUT2D eigenvalue weighted by molar-refractivity contribution is 6.05. The Morgan fingerprint density at radius 1 is 1.36 bits per heavy atom. The van der Waals surface area contributed by atoms with E-state index in [1.165, 1.54) is 7.11 Å². The van der Waals surface area contributed by atoms with Gasteiger partial charge in [-0.3, -0.25) is 0 Å². The van der Waals surface area contributed by atoms with Gasteiger partial charge in [0, 0.05) is 12.4 Å². The number of ether oxygens (including phenoxy) is 1. The van der Waals surface area contributed by atoms with Crippen LogP contribution in [0.4, 0.5) is 5.69 Å². The van der Waals surface area contributed by atoms with E-state index in [1.807, 2.05) is 11.6 Å². The number of aryl methyl sites for hydroxylation is 1.